The second-order valence-corrected chi connectivity index (χ2v) is 7.15. The summed E-state index contributed by atoms with van der Waals surface area (Å²) in [6.45, 7) is 1.68. The van der Waals surface area contributed by atoms with Crippen LogP contribution >= 0.6 is 35.4 Å². The molecule has 9 heteroatoms. The van der Waals surface area contributed by atoms with Gasteiger partial charge in [-0.25, -0.2) is 8.42 Å². The fourth-order valence-electron chi connectivity index (χ4n) is 1.21. The number of nitrogens with one attached hydrogen (secondary N) is 2. The van der Waals surface area contributed by atoms with Crippen molar-refractivity contribution in [1.29, 1.82) is 0 Å². The molecule has 0 saturated heterocycles. The van der Waals surface area contributed by atoms with Gasteiger partial charge in [0, 0.05) is 5.70 Å². The Labute approximate surface area is 133 Å². The van der Waals surface area contributed by atoms with Gasteiger partial charge < -0.3 is 11.2 Å². The molecule has 0 radical (unpaired) electrons. The minimum absolute atomic E-state index is 0.0603. The zero-order valence-corrected chi connectivity index (χ0v) is 13.6. The summed E-state index contributed by atoms with van der Waals surface area (Å²) in [6, 6.07) is 4.18. The molecular weight excluding hydrogens is 341 g/mol. The van der Waals surface area contributed by atoms with Gasteiger partial charge in [-0.1, -0.05) is 23.2 Å². The summed E-state index contributed by atoms with van der Waals surface area (Å²) in [4.78, 5) is 0.109. The lowest BCUT2D eigenvalue weighted by Gasteiger charge is -2.08. The van der Waals surface area contributed by atoms with Gasteiger partial charge in [-0.3, -0.25) is 5.43 Å². The summed E-state index contributed by atoms with van der Waals surface area (Å²) in [5, 5.41) is 0.562. The predicted molar refractivity (Wildman–Crippen MR) is 85.3 cm³/mol. The number of hydrogen-bond donors (Lipinski definition) is 3. The van der Waals surface area contributed by atoms with Crippen molar-refractivity contribution in [3.8, 4) is 0 Å². The Morgan fingerprint density at radius 1 is 1.35 bits per heavy atom. The number of thiocarbonyl (C=S) groups is 1. The van der Waals surface area contributed by atoms with Crippen LogP contribution in [0.2, 0.25) is 10.0 Å². The lowest BCUT2D eigenvalue weighted by atomic mass is 10.4. The molecular formula is C11H13Cl2N3O2S2. The Kier molecular flexibility index (Phi) is 6.07. The van der Waals surface area contributed by atoms with Gasteiger partial charge in [0.25, 0.3) is 0 Å². The van der Waals surface area contributed by atoms with Crippen LogP contribution in [0.5, 0.6) is 0 Å². The van der Waals surface area contributed by atoms with Crippen molar-refractivity contribution in [3.63, 3.8) is 0 Å². The van der Waals surface area contributed by atoms with Gasteiger partial charge in [0.15, 0.2) is 14.9 Å². The van der Waals surface area contributed by atoms with Crippen LogP contribution in [0.3, 0.4) is 0 Å². The summed E-state index contributed by atoms with van der Waals surface area (Å²) in [7, 11) is -3.48. The molecule has 0 aliphatic rings. The van der Waals surface area contributed by atoms with Crippen LogP contribution in [0.4, 0.5) is 0 Å². The summed E-state index contributed by atoms with van der Waals surface area (Å²) in [6.07, 6.45) is 1.49. The number of hydrogen-bond acceptors (Lipinski definition) is 4. The van der Waals surface area contributed by atoms with E-state index in [1.165, 1.54) is 24.3 Å². The molecule has 5 nitrogen and oxygen atoms in total. The Hall–Kier alpha value is -1.02. The van der Waals surface area contributed by atoms with E-state index in [0.29, 0.717) is 10.7 Å². The molecule has 0 fully saturated rings. The third-order valence-electron chi connectivity index (χ3n) is 2.24. The van der Waals surface area contributed by atoms with Gasteiger partial charge >= 0.3 is 0 Å². The summed E-state index contributed by atoms with van der Waals surface area (Å²) in [5.74, 6) is -0.192. The van der Waals surface area contributed by atoms with Gasteiger partial charge in [-0.2, -0.15) is 0 Å². The van der Waals surface area contributed by atoms with E-state index >= 15 is 0 Å². The van der Waals surface area contributed by atoms with Gasteiger partial charge in [0.1, 0.15) is 0 Å². The minimum Gasteiger partial charge on any atom is -0.375 e. The van der Waals surface area contributed by atoms with Crippen molar-refractivity contribution in [2.24, 2.45) is 5.73 Å². The van der Waals surface area contributed by atoms with E-state index in [4.69, 9.17) is 28.9 Å². The number of hydrazine groups is 1. The van der Waals surface area contributed by atoms with E-state index in [1.807, 2.05) is 0 Å². The van der Waals surface area contributed by atoms with E-state index in [-0.39, 0.29) is 20.8 Å². The average Bonchev–Trinajstić information content (AvgIpc) is 2.37. The number of rotatable bonds is 5. The Balaban J connectivity index is 2.82. The van der Waals surface area contributed by atoms with Crippen LogP contribution in [-0.2, 0) is 9.84 Å². The zero-order valence-electron chi connectivity index (χ0n) is 10.5. The molecule has 0 aliphatic carbocycles. The fraction of sp³-hybridized carbons (Fsp3) is 0.182. The number of nitrogens with two attached hydrogens (primary N) is 1. The lowest BCUT2D eigenvalue weighted by Crippen LogP contribution is -2.39. The molecule has 1 rings (SSSR count). The normalized spacial score (nSPS) is 12.1. The molecule has 0 amide bonds. The van der Waals surface area contributed by atoms with Gasteiger partial charge in [0.2, 0.25) is 0 Å². The monoisotopic (exact) mass is 353 g/mol. The first kappa shape index (κ1) is 17.0. The predicted octanol–water partition coefficient (Wildman–Crippen LogP) is 2.01. The first-order valence-corrected chi connectivity index (χ1v) is 8.20. The molecule has 0 aliphatic heterocycles. The highest BCUT2D eigenvalue weighted by Crippen LogP contribution is 2.25. The molecule has 1 aromatic rings. The van der Waals surface area contributed by atoms with Crippen molar-refractivity contribution in [2.75, 3.05) is 5.75 Å². The van der Waals surface area contributed by atoms with Gasteiger partial charge in [0.05, 0.1) is 20.7 Å². The number of sulfone groups is 1. The molecule has 0 unspecified atom stereocenters. The number of halogens is 2. The van der Waals surface area contributed by atoms with Crippen LogP contribution in [0, 0.1) is 0 Å². The third-order valence-corrected chi connectivity index (χ3v) is 4.66. The number of benzene rings is 1. The second-order valence-electron chi connectivity index (χ2n) is 3.86. The maximum atomic E-state index is 12.1. The van der Waals surface area contributed by atoms with Crippen molar-refractivity contribution in [3.05, 3.63) is 40.0 Å². The first-order valence-electron chi connectivity index (χ1n) is 5.38. The molecule has 0 bridgehead atoms. The van der Waals surface area contributed by atoms with Crippen LogP contribution < -0.4 is 16.6 Å². The topological polar surface area (TPSA) is 84.2 Å². The Bertz CT molecular complexity index is 645. The van der Waals surface area contributed by atoms with Crippen LogP contribution in [0.25, 0.3) is 0 Å². The highest BCUT2D eigenvalue weighted by Gasteiger charge is 2.14. The van der Waals surface area contributed by atoms with E-state index in [2.05, 4.69) is 23.1 Å². The third kappa shape index (κ3) is 5.16. The molecule has 110 valence electrons. The SMILES string of the molecule is C/C(=C/CS(=O)(=O)c1ccc(Cl)c(Cl)c1)NNC(N)=S. The van der Waals surface area contributed by atoms with Crippen LogP contribution in [0.1, 0.15) is 6.92 Å². The van der Waals surface area contributed by atoms with E-state index < -0.39 is 9.84 Å². The van der Waals surface area contributed by atoms with E-state index in [0.717, 1.165) is 0 Å². The fourth-order valence-corrected chi connectivity index (χ4v) is 2.86. The molecule has 20 heavy (non-hydrogen) atoms. The van der Waals surface area contributed by atoms with Gasteiger partial charge in [-0.05, 0) is 43.4 Å². The lowest BCUT2D eigenvalue weighted by molar-refractivity contribution is 0.598. The first-order chi connectivity index (χ1) is 9.22. The molecule has 4 N–H and O–H groups in total. The van der Waals surface area contributed by atoms with Gasteiger partial charge in [-0.15, -0.1) is 0 Å². The molecule has 0 saturated carbocycles. The Morgan fingerprint density at radius 2 is 2.00 bits per heavy atom. The smallest absolute Gasteiger partial charge is 0.182 e. The van der Waals surface area contributed by atoms with Crippen LogP contribution in [0.15, 0.2) is 34.9 Å². The standard InChI is InChI=1S/C11H13Cl2N3O2S2/c1-7(15-16-11(14)19)4-5-20(17,18)8-2-3-9(12)10(13)6-8/h2-4,6,15H,5H2,1H3,(H3,14,16,19)/b7-4-. The summed E-state index contributed by atoms with van der Waals surface area (Å²) >= 11 is 16.2. The molecule has 1 aromatic carbocycles. The molecule has 0 atom stereocenters. The van der Waals surface area contributed by atoms with E-state index in [9.17, 15) is 8.42 Å². The molecule has 0 aromatic heterocycles. The summed E-state index contributed by atoms with van der Waals surface area (Å²) < 4.78 is 24.2. The van der Waals surface area contributed by atoms with E-state index in [1.54, 1.807) is 6.92 Å². The highest BCUT2D eigenvalue weighted by atomic mass is 35.5. The molecule has 0 heterocycles. The number of allylic oxidation sites excluding steroid dienone is 1. The second kappa shape index (κ2) is 7.12. The largest absolute Gasteiger partial charge is 0.375 e. The minimum atomic E-state index is -3.48. The highest BCUT2D eigenvalue weighted by molar-refractivity contribution is 7.91. The Morgan fingerprint density at radius 3 is 2.55 bits per heavy atom. The molecule has 0 spiro atoms. The van der Waals surface area contributed by atoms with Crippen molar-refractivity contribution >= 4 is 50.4 Å². The van der Waals surface area contributed by atoms with Crippen molar-refractivity contribution in [1.82, 2.24) is 10.9 Å². The van der Waals surface area contributed by atoms with Crippen LogP contribution in [-0.4, -0.2) is 19.3 Å². The zero-order chi connectivity index (χ0) is 15.3. The van der Waals surface area contributed by atoms with Crippen molar-refractivity contribution < 1.29 is 8.42 Å². The quantitative estimate of drug-likeness (QED) is 0.554. The maximum Gasteiger partial charge on any atom is 0.182 e. The van der Waals surface area contributed by atoms with Crippen molar-refractivity contribution in [2.45, 2.75) is 11.8 Å². The summed E-state index contributed by atoms with van der Waals surface area (Å²) in [5.41, 5.74) is 11.0. The maximum absolute atomic E-state index is 12.1. The average molecular weight is 354 g/mol.